The lowest BCUT2D eigenvalue weighted by molar-refractivity contribution is 0.392. The smallest absolute Gasteiger partial charge is 0.144 e. The third kappa shape index (κ3) is 2.50. The van der Waals surface area contributed by atoms with Crippen molar-refractivity contribution in [1.82, 2.24) is 10.1 Å². The molecule has 104 valence electrons. The van der Waals surface area contributed by atoms with Gasteiger partial charge in [0.15, 0.2) is 0 Å². The Kier molecular flexibility index (Phi) is 3.75. The van der Waals surface area contributed by atoms with E-state index in [4.69, 9.17) is 4.52 Å². The van der Waals surface area contributed by atoms with Crippen LogP contribution >= 0.6 is 0 Å². The Bertz CT molecular complexity index is 662. The molecule has 0 bridgehead atoms. The first-order valence-electron chi connectivity index (χ1n) is 6.51. The van der Waals surface area contributed by atoms with E-state index in [9.17, 15) is 5.26 Å². The molecular formula is C15H18N4O. The Morgan fingerprint density at radius 3 is 2.55 bits per heavy atom. The van der Waals surface area contributed by atoms with E-state index in [1.54, 1.807) is 0 Å². The van der Waals surface area contributed by atoms with Gasteiger partial charge < -0.3 is 9.84 Å². The van der Waals surface area contributed by atoms with Crippen molar-refractivity contribution >= 4 is 5.82 Å². The Labute approximate surface area is 118 Å². The highest BCUT2D eigenvalue weighted by molar-refractivity contribution is 5.57. The summed E-state index contributed by atoms with van der Waals surface area (Å²) in [5, 5.41) is 16.5. The molecule has 0 fully saturated rings. The molecule has 0 saturated heterocycles. The molecule has 20 heavy (non-hydrogen) atoms. The van der Waals surface area contributed by atoms with Crippen LogP contribution in [-0.2, 0) is 0 Å². The fourth-order valence-corrected chi connectivity index (χ4v) is 2.47. The molecule has 0 saturated carbocycles. The van der Waals surface area contributed by atoms with Crippen LogP contribution in [0.15, 0.2) is 10.6 Å². The molecule has 1 unspecified atom stereocenters. The molecule has 1 N–H and O–H groups in total. The standard InChI is InChI=1S/C15H18N4O/c1-8-6-9(2)17-15(13(8)7-16)18-10(3)14-11(4)19-20-12(14)5/h6,10H,1-5H3,(H,17,18). The van der Waals surface area contributed by atoms with Crippen molar-refractivity contribution in [3.8, 4) is 6.07 Å². The van der Waals surface area contributed by atoms with Gasteiger partial charge in [-0.2, -0.15) is 5.26 Å². The summed E-state index contributed by atoms with van der Waals surface area (Å²) in [6.45, 7) is 9.63. The van der Waals surface area contributed by atoms with E-state index in [0.717, 1.165) is 28.3 Å². The molecule has 0 aromatic carbocycles. The number of aromatic nitrogens is 2. The highest BCUT2D eigenvalue weighted by Gasteiger charge is 2.18. The first kappa shape index (κ1) is 14.1. The zero-order valence-corrected chi connectivity index (χ0v) is 12.4. The number of nitrogens with zero attached hydrogens (tertiary/aromatic N) is 3. The van der Waals surface area contributed by atoms with Crippen LogP contribution in [0.3, 0.4) is 0 Å². The SMILES string of the molecule is Cc1cc(C)c(C#N)c(NC(C)c2c(C)noc2C)n1. The van der Waals surface area contributed by atoms with Crippen molar-refractivity contribution < 1.29 is 4.52 Å². The molecule has 5 heteroatoms. The largest absolute Gasteiger partial charge is 0.362 e. The van der Waals surface area contributed by atoms with Crippen LogP contribution in [0.25, 0.3) is 0 Å². The number of pyridine rings is 1. The third-order valence-corrected chi connectivity index (χ3v) is 3.33. The summed E-state index contributed by atoms with van der Waals surface area (Å²) < 4.78 is 5.18. The topological polar surface area (TPSA) is 74.7 Å². The number of aryl methyl sites for hydroxylation is 4. The minimum absolute atomic E-state index is 0.0259. The molecule has 0 aliphatic carbocycles. The average molecular weight is 270 g/mol. The predicted molar refractivity (Wildman–Crippen MR) is 76.4 cm³/mol. The Balaban J connectivity index is 2.38. The number of nitriles is 1. The van der Waals surface area contributed by atoms with Gasteiger partial charge in [-0.3, -0.25) is 0 Å². The van der Waals surface area contributed by atoms with Gasteiger partial charge in [0.1, 0.15) is 17.6 Å². The molecule has 2 aromatic heterocycles. The van der Waals surface area contributed by atoms with Crippen LogP contribution < -0.4 is 5.32 Å². The van der Waals surface area contributed by atoms with E-state index in [1.807, 2.05) is 40.7 Å². The van der Waals surface area contributed by atoms with Crippen LogP contribution in [0.5, 0.6) is 0 Å². The van der Waals surface area contributed by atoms with Gasteiger partial charge in [0.25, 0.3) is 0 Å². The van der Waals surface area contributed by atoms with E-state index >= 15 is 0 Å². The molecule has 2 heterocycles. The summed E-state index contributed by atoms with van der Waals surface area (Å²) in [6, 6.07) is 4.09. The van der Waals surface area contributed by atoms with Crippen LogP contribution in [0.4, 0.5) is 5.82 Å². The van der Waals surface area contributed by atoms with Gasteiger partial charge in [-0.05, 0) is 46.2 Å². The summed E-state index contributed by atoms with van der Waals surface area (Å²) in [5.74, 6) is 1.39. The zero-order chi connectivity index (χ0) is 14.9. The summed E-state index contributed by atoms with van der Waals surface area (Å²) in [7, 11) is 0. The molecule has 2 rings (SSSR count). The fraction of sp³-hybridized carbons (Fsp3) is 0.400. The highest BCUT2D eigenvalue weighted by Crippen LogP contribution is 2.26. The van der Waals surface area contributed by atoms with E-state index in [2.05, 4.69) is 21.5 Å². The van der Waals surface area contributed by atoms with Crippen LogP contribution in [0.1, 0.15) is 46.8 Å². The fourth-order valence-electron chi connectivity index (χ4n) is 2.47. The molecule has 1 atom stereocenters. The first-order chi connectivity index (χ1) is 9.43. The zero-order valence-electron chi connectivity index (χ0n) is 12.4. The van der Waals surface area contributed by atoms with E-state index in [0.29, 0.717) is 11.4 Å². The minimum atomic E-state index is -0.0259. The third-order valence-electron chi connectivity index (χ3n) is 3.33. The second kappa shape index (κ2) is 5.33. The monoisotopic (exact) mass is 270 g/mol. The molecule has 0 aliphatic heterocycles. The number of nitrogens with one attached hydrogen (secondary N) is 1. The van der Waals surface area contributed by atoms with Gasteiger partial charge in [0.05, 0.1) is 17.3 Å². The summed E-state index contributed by atoms with van der Waals surface area (Å²) in [6.07, 6.45) is 0. The quantitative estimate of drug-likeness (QED) is 0.925. The van der Waals surface area contributed by atoms with Gasteiger partial charge in [0, 0.05) is 11.3 Å². The molecule has 0 spiro atoms. The van der Waals surface area contributed by atoms with Crippen LogP contribution in [0.2, 0.25) is 0 Å². The first-order valence-corrected chi connectivity index (χ1v) is 6.51. The Morgan fingerprint density at radius 1 is 1.30 bits per heavy atom. The molecule has 0 radical (unpaired) electrons. The normalized spacial score (nSPS) is 12.0. The maximum absolute atomic E-state index is 9.28. The van der Waals surface area contributed by atoms with Gasteiger partial charge in [-0.1, -0.05) is 5.16 Å². The maximum Gasteiger partial charge on any atom is 0.144 e. The molecule has 5 nitrogen and oxygen atoms in total. The van der Waals surface area contributed by atoms with E-state index in [-0.39, 0.29) is 6.04 Å². The molecule has 0 aliphatic rings. The van der Waals surface area contributed by atoms with Crippen LogP contribution in [-0.4, -0.2) is 10.1 Å². The number of anilines is 1. The van der Waals surface area contributed by atoms with Crippen molar-refractivity contribution in [3.63, 3.8) is 0 Å². The highest BCUT2D eigenvalue weighted by atomic mass is 16.5. The van der Waals surface area contributed by atoms with Crippen molar-refractivity contribution in [3.05, 3.63) is 39.9 Å². The lowest BCUT2D eigenvalue weighted by atomic mass is 10.1. The van der Waals surface area contributed by atoms with E-state index < -0.39 is 0 Å². The van der Waals surface area contributed by atoms with Gasteiger partial charge in [0.2, 0.25) is 0 Å². The van der Waals surface area contributed by atoms with Crippen molar-refractivity contribution in [2.24, 2.45) is 0 Å². The molecule has 2 aromatic rings. The predicted octanol–water partition coefficient (Wildman–Crippen LogP) is 3.35. The summed E-state index contributed by atoms with van der Waals surface area (Å²) in [4.78, 5) is 4.43. The number of rotatable bonds is 3. The molecule has 0 amide bonds. The van der Waals surface area contributed by atoms with Crippen molar-refractivity contribution in [2.45, 2.75) is 40.7 Å². The maximum atomic E-state index is 9.28. The lowest BCUT2D eigenvalue weighted by Crippen LogP contribution is -2.12. The molecular weight excluding hydrogens is 252 g/mol. The second-order valence-corrected chi connectivity index (χ2v) is 5.02. The minimum Gasteiger partial charge on any atom is -0.362 e. The van der Waals surface area contributed by atoms with Gasteiger partial charge >= 0.3 is 0 Å². The average Bonchev–Trinajstić information content (AvgIpc) is 2.68. The summed E-state index contributed by atoms with van der Waals surface area (Å²) >= 11 is 0. The Morgan fingerprint density at radius 2 is 2.00 bits per heavy atom. The second-order valence-electron chi connectivity index (χ2n) is 5.02. The summed E-state index contributed by atoms with van der Waals surface area (Å²) in [5.41, 5.74) is 4.25. The van der Waals surface area contributed by atoms with Gasteiger partial charge in [-0.15, -0.1) is 0 Å². The van der Waals surface area contributed by atoms with Crippen molar-refractivity contribution in [1.29, 1.82) is 5.26 Å². The van der Waals surface area contributed by atoms with Crippen molar-refractivity contribution in [2.75, 3.05) is 5.32 Å². The lowest BCUT2D eigenvalue weighted by Gasteiger charge is -2.16. The number of hydrogen-bond acceptors (Lipinski definition) is 5. The number of hydrogen-bond donors (Lipinski definition) is 1. The van der Waals surface area contributed by atoms with Gasteiger partial charge in [-0.25, -0.2) is 4.98 Å². The van der Waals surface area contributed by atoms with E-state index in [1.165, 1.54) is 0 Å². The van der Waals surface area contributed by atoms with Crippen LogP contribution in [0, 0.1) is 39.0 Å². The Hall–Kier alpha value is -2.35.